The molecule has 4 heteroatoms. The van der Waals surface area contributed by atoms with Gasteiger partial charge in [-0.05, 0) is 18.3 Å². The first-order chi connectivity index (χ1) is 6.88. The summed E-state index contributed by atoms with van der Waals surface area (Å²) >= 11 is 22.0. The fraction of sp³-hybridized carbons (Fsp3) is 0.818. The van der Waals surface area contributed by atoms with E-state index in [1.165, 1.54) is 0 Å². The Bertz CT molecular complexity index is 256. The maximum atomic E-state index is 6.37. The zero-order valence-corrected chi connectivity index (χ0v) is 12.8. The maximum Gasteiger partial charge on any atom is 0.0439 e. The standard InChI is InChI=1S/C11H16BrCl3/c1-10(3-4-13)6-11(2,7-12)9(15)5-8(10)14/h3-4,8-9H,5-7H2,1-2H3/t8-,9+,10+,11-/m0/s1. The average molecular weight is 335 g/mol. The van der Waals surface area contributed by atoms with Crippen LogP contribution in [0, 0.1) is 10.8 Å². The van der Waals surface area contributed by atoms with Crippen molar-refractivity contribution in [1.29, 1.82) is 0 Å². The second-order valence-electron chi connectivity index (χ2n) is 4.93. The van der Waals surface area contributed by atoms with Crippen molar-refractivity contribution in [2.24, 2.45) is 10.8 Å². The molecule has 0 aromatic rings. The molecule has 1 rings (SSSR count). The van der Waals surface area contributed by atoms with E-state index in [4.69, 9.17) is 34.8 Å². The minimum atomic E-state index is -0.0583. The molecule has 0 heterocycles. The smallest absolute Gasteiger partial charge is 0.0439 e. The highest BCUT2D eigenvalue weighted by atomic mass is 79.9. The van der Waals surface area contributed by atoms with Gasteiger partial charge in [-0.15, -0.1) is 23.2 Å². The molecule has 1 aliphatic carbocycles. The number of rotatable bonds is 2. The Hall–Kier alpha value is 1.09. The zero-order valence-electron chi connectivity index (χ0n) is 8.94. The molecule has 0 amide bonds. The number of hydrogen-bond donors (Lipinski definition) is 0. The van der Waals surface area contributed by atoms with E-state index in [0.29, 0.717) is 0 Å². The van der Waals surface area contributed by atoms with Crippen molar-refractivity contribution in [2.45, 2.75) is 37.4 Å². The Morgan fingerprint density at radius 1 is 1.33 bits per heavy atom. The highest BCUT2D eigenvalue weighted by Gasteiger charge is 2.47. The Balaban J connectivity index is 2.94. The van der Waals surface area contributed by atoms with Crippen molar-refractivity contribution in [3.63, 3.8) is 0 Å². The summed E-state index contributed by atoms with van der Waals surface area (Å²) in [5.74, 6) is 0. The van der Waals surface area contributed by atoms with Gasteiger partial charge in [-0.3, -0.25) is 0 Å². The summed E-state index contributed by atoms with van der Waals surface area (Å²) in [4.78, 5) is 0. The van der Waals surface area contributed by atoms with Crippen LogP contribution in [-0.4, -0.2) is 16.1 Å². The number of alkyl halides is 3. The van der Waals surface area contributed by atoms with Crippen LogP contribution in [0.2, 0.25) is 0 Å². The normalized spacial score (nSPS) is 47.3. The molecule has 0 aliphatic heterocycles. The highest BCUT2D eigenvalue weighted by molar-refractivity contribution is 9.09. The summed E-state index contributed by atoms with van der Waals surface area (Å²) in [6, 6.07) is 0. The van der Waals surface area contributed by atoms with E-state index in [1.807, 2.05) is 6.08 Å². The molecule has 0 bridgehead atoms. The quantitative estimate of drug-likeness (QED) is 0.612. The summed E-state index contributed by atoms with van der Waals surface area (Å²) in [6.45, 7) is 4.34. The molecule has 1 aliphatic rings. The van der Waals surface area contributed by atoms with E-state index in [9.17, 15) is 0 Å². The van der Waals surface area contributed by atoms with Gasteiger partial charge >= 0.3 is 0 Å². The molecule has 4 atom stereocenters. The molecular weight excluding hydrogens is 318 g/mol. The molecule has 0 spiro atoms. The molecule has 1 saturated carbocycles. The van der Waals surface area contributed by atoms with Crippen molar-refractivity contribution >= 4 is 50.7 Å². The van der Waals surface area contributed by atoms with Crippen molar-refractivity contribution < 1.29 is 0 Å². The van der Waals surface area contributed by atoms with Crippen molar-refractivity contribution in [2.75, 3.05) is 5.33 Å². The van der Waals surface area contributed by atoms with Gasteiger partial charge in [-0.2, -0.15) is 0 Å². The number of allylic oxidation sites excluding steroid dienone is 1. The van der Waals surface area contributed by atoms with E-state index in [-0.39, 0.29) is 21.6 Å². The molecule has 1 fully saturated rings. The molecule has 88 valence electrons. The van der Waals surface area contributed by atoms with Gasteiger partial charge in [0.15, 0.2) is 0 Å². The van der Waals surface area contributed by atoms with E-state index >= 15 is 0 Å². The summed E-state index contributed by atoms with van der Waals surface area (Å²) in [5.41, 5.74) is 1.59. The van der Waals surface area contributed by atoms with Crippen molar-refractivity contribution in [1.82, 2.24) is 0 Å². The second-order valence-corrected chi connectivity index (χ2v) is 6.80. The molecule has 0 aromatic heterocycles. The van der Waals surface area contributed by atoms with Gasteiger partial charge in [0.25, 0.3) is 0 Å². The molecule has 0 saturated heterocycles. The summed E-state index contributed by atoms with van der Waals surface area (Å²) in [7, 11) is 0. The first-order valence-electron chi connectivity index (χ1n) is 5.00. The molecule has 0 radical (unpaired) electrons. The largest absolute Gasteiger partial charge is 0.122 e. The Kier molecular flexibility index (Phi) is 4.87. The van der Waals surface area contributed by atoms with Crippen LogP contribution in [0.4, 0.5) is 0 Å². The first kappa shape index (κ1) is 14.2. The molecule has 15 heavy (non-hydrogen) atoms. The molecule has 0 nitrogen and oxygen atoms in total. The summed E-state index contributed by atoms with van der Waals surface area (Å²) in [6.07, 6.45) is 3.77. The first-order valence-corrected chi connectivity index (χ1v) is 7.43. The van der Waals surface area contributed by atoms with Crippen LogP contribution in [0.3, 0.4) is 0 Å². The minimum absolute atomic E-state index is 0.0575. The van der Waals surface area contributed by atoms with Gasteiger partial charge in [-0.25, -0.2) is 0 Å². The van der Waals surface area contributed by atoms with Crippen LogP contribution in [0.1, 0.15) is 26.7 Å². The highest BCUT2D eigenvalue weighted by Crippen LogP contribution is 2.52. The maximum absolute atomic E-state index is 6.37. The van der Waals surface area contributed by atoms with Crippen LogP contribution < -0.4 is 0 Å². The predicted octanol–water partition coefficient (Wildman–Crippen LogP) is 5.16. The van der Waals surface area contributed by atoms with E-state index in [0.717, 1.165) is 18.2 Å². The van der Waals surface area contributed by atoms with Crippen LogP contribution >= 0.6 is 50.7 Å². The van der Waals surface area contributed by atoms with Gasteiger partial charge in [0, 0.05) is 27.0 Å². The lowest BCUT2D eigenvalue weighted by Crippen LogP contribution is -2.46. The van der Waals surface area contributed by atoms with Crippen LogP contribution in [0.25, 0.3) is 0 Å². The molecular formula is C11H16BrCl3. The fourth-order valence-electron chi connectivity index (χ4n) is 2.27. The second kappa shape index (κ2) is 5.16. The monoisotopic (exact) mass is 332 g/mol. The lowest BCUT2D eigenvalue weighted by atomic mass is 9.64. The lowest BCUT2D eigenvalue weighted by Gasteiger charge is -2.48. The average Bonchev–Trinajstić information content (AvgIpc) is 2.15. The zero-order chi connectivity index (χ0) is 11.7. The number of halogens is 4. The molecule has 0 unspecified atom stereocenters. The van der Waals surface area contributed by atoms with E-state index < -0.39 is 0 Å². The molecule has 0 N–H and O–H groups in total. The summed E-state index contributed by atoms with van der Waals surface area (Å²) in [5, 5.41) is 1.07. The van der Waals surface area contributed by atoms with Crippen LogP contribution in [0.5, 0.6) is 0 Å². The van der Waals surface area contributed by atoms with E-state index in [2.05, 4.69) is 29.8 Å². The summed E-state index contributed by atoms with van der Waals surface area (Å²) < 4.78 is 0. The number of hydrogen-bond acceptors (Lipinski definition) is 0. The molecule has 0 aromatic carbocycles. The predicted molar refractivity (Wildman–Crippen MR) is 73.5 cm³/mol. The fourth-order valence-corrected chi connectivity index (χ4v) is 4.08. The Labute approximate surface area is 115 Å². The third-order valence-corrected chi connectivity index (χ3v) is 6.21. The van der Waals surface area contributed by atoms with Crippen LogP contribution in [0.15, 0.2) is 11.6 Å². The topological polar surface area (TPSA) is 0 Å². The van der Waals surface area contributed by atoms with Crippen molar-refractivity contribution in [3.05, 3.63) is 11.6 Å². The lowest BCUT2D eigenvalue weighted by molar-refractivity contribution is 0.154. The van der Waals surface area contributed by atoms with E-state index in [1.54, 1.807) is 5.54 Å². The Morgan fingerprint density at radius 2 is 1.93 bits per heavy atom. The third-order valence-electron chi connectivity index (χ3n) is 3.42. The Morgan fingerprint density at radius 3 is 2.40 bits per heavy atom. The minimum Gasteiger partial charge on any atom is -0.122 e. The van der Waals surface area contributed by atoms with Gasteiger partial charge in [0.2, 0.25) is 0 Å². The van der Waals surface area contributed by atoms with Crippen LogP contribution in [-0.2, 0) is 0 Å². The van der Waals surface area contributed by atoms with Gasteiger partial charge in [0.05, 0.1) is 0 Å². The third kappa shape index (κ3) is 2.86. The van der Waals surface area contributed by atoms with Crippen molar-refractivity contribution in [3.8, 4) is 0 Å². The SMILES string of the molecule is C[C@@]1(CBr)C[C@@](C)(C=CCl)[C@@H](Cl)C[C@H]1Cl. The van der Waals surface area contributed by atoms with Gasteiger partial charge in [0.1, 0.15) is 0 Å². The van der Waals surface area contributed by atoms with Gasteiger partial charge in [-0.1, -0.05) is 47.5 Å². The van der Waals surface area contributed by atoms with Gasteiger partial charge < -0.3 is 0 Å².